The first-order chi connectivity index (χ1) is 8.85. The van der Waals surface area contributed by atoms with Crippen LogP contribution in [0.5, 0.6) is 0 Å². The van der Waals surface area contributed by atoms with E-state index in [-0.39, 0.29) is 0 Å². The minimum absolute atomic E-state index is 0.578. The Labute approximate surface area is 106 Å². The highest BCUT2D eigenvalue weighted by Crippen LogP contribution is 2.19. The number of imidazole rings is 1. The van der Waals surface area contributed by atoms with Gasteiger partial charge < -0.3 is 9.14 Å². The van der Waals surface area contributed by atoms with E-state index in [0.717, 1.165) is 43.7 Å². The Morgan fingerprint density at radius 2 is 2.50 bits per heavy atom. The van der Waals surface area contributed by atoms with Crippen LogP contribution >= 0.6 is 0 Å². The molecule has 1 aliphatic rings. The Morgan fingerprint density at radius 3 is 3.28 bits per heavy atom. The maximum atomic E-state index is 10.7. The summed E-state index contributed by atoms with van der Waals surface area (Å²) in [5.41, 5.74) is 2.58. The zero-order chi connectivity index (χ0) is 12.4. The van der Waals surface area contributed by atoms with Crippen molar-refractivity contribution < 1.29 is 9.53 Å². The molecule has 3 rings (SSSR count). The first kappa shape index (κ1) is 11.4. The van der Waals surface area contributed by atoms with Crippen molar-refractivity contribution >= 4 is 11.9 Å². The molecule has 2 aromatic rings. The van der Waals surface area contributed by atoms with Crippen LogP contribution in [-0.2, 0) is 11.2 Å². The van der Waals surface area contributed by atoms with Gasteiger partial charge in [0.15, 0.2) is 0 Å². The third kappa shape index (κ3) is 2.29. The molecule has 0 amide bonds. The molecule has 0 aliphatic carbocycles. The predicted octanol–water partition coefficient (Wildman–Crippen LogP) is 2.12. The number of fused-ring (bicyclic) bond motifs is 1. The SMILES string of the molecule is O=Cc1ccn2cc(CC3CCCOC3)nc2c1. The second-order valence-corrected chi connectivity index (χ2v) is 4.86. The number of ether oxygens (including phenoxy) is 1. The smallest absolute Gasteiger partial charge is 0.150 e. The van der Waals surface area contributed by atoms with Crippen LogP contribution in [0.1, 0.15) is 28.9 Å². The molecule has 1 unspecified atom stereocenters. The van der Waals surface area contributed by atoms with Crippen molar-refractivity contribution in [2.45, 2.75) is 19.3 Å². The number of nitrogens with zero attached hydrogens (tertiary/aromatic N) is 2. The Hall–Kier alpha value is -1.68. The molecule has 0 bridgehead atoms. The molecule has 2 aromatic heterocycles. The quantitative estimate of drug-likeness (QED) is 0.777. The van der Waals surface area contributed by atoms with Gasteiger partial charge in [0.2, 0.25) is 0 Å². The lowest BCUT2D eigenvalue weighted by Gasteiger charge is -2.20. The number of hydrogen-bond acceptors (Lipinski definition) is 3. The molecule has 4 nitrogen and oxygen atoms in total. The molecule has 0 radical (unpaired) electrons. The summed E-state index contributed by atoms with van der Waals surface area (Å²) < 4.78 is 7.45. The van der Waals surface area contributed by atoms with E-state index in [1.165, 1.54) is 6.42 Å². The van der Waals surface area contributed by atoms with Crippen molar-refractivity contribution in [1.82, 2.24) is 9.38 Å². The van der Waals surface area contributed by atoms with E-state index in [1.807, 2.05) is 22.9 Å². The molecule has 1 atom stereocenters. The van der Waals surface area contributed by atoms with Gasteiger partial charge in [0.25, 0.3) is 0 Å². The Kier molecular flexibility index (Phi) is 3.11. The molecule has 18 heavy (non-hydrogen) atoms. The number of carbonyl (C=O) groups is 1. The first-order valence-electron chi connectivity index (χ1n) is 6.36. The van der Waals surface area contributed by atoms with Gasteiger partial charge in [-0.2, -0.15) is 0 Å². The molecule has 0 saturated carbocycles. The number of pyridine rings is 1. The minimum Gasteiger partial charge on any atom is -0.381 e. The van der Waals surface area contributed by atoms with Gasteiger partial charge in [-0.25, -0.2) is 4.98 Å². The topological polar surface area (TPSA) is 43.6 Å². The van der Waals surface area contributed by atoms with E-state index in [2.05, 4.69) is 4.98 Å². The van der Waals surface area contributed by atoms with Crippen LogP contribution in [0.15, 0.2) is 24.5 Å². The van der Waals surface area contributed by atoms with E-state index in [1.54, 1.807) is 6.07 Å². The minimum atomic E-state index is 0.578. The average Bonchev–Trinajstić information content (AvgIpc) is 2.80. The van der Waals surface area contributed by atoms with E-state index < -0.39 is 0 Å². The van der Waals surface area contributed by atoms with E-state index in [0.29, 0.717) is 11.5 Å². The van der Waals surface area contributed by atoms with Crippen LogP contribution in [0.2, 0.25) is 0 Å². The molecule has 94 valence electrons. The summed E-state index contributed by atoms with van der Waals surface area (Å²) in [4.78, 5) is 15.3. The summed E-state index contributed by atoms with van der Waals surface area (Å²) in [7, 11) is 0. The van der Waals surface area contributed by atoms with Crippen LogP contribution in [-0.4, -0.2) is 28.9 Å². The first-order valence-corrected chi connectivity index (χ1v) is 6.36. The lowest BCUT2D eigenvalue weighted by molar-refractivity contribution is 0.0547. The van der Waals surface area contributed by atoms with Crippen LogP contribution in [0, 0.1) is 5.92 Å². The third-order valence-electron chi connectivity index (χ3n) is 3.42. The van der Waals surface area contributed by atoms with Gasteiger partial charge in [0.05, 0.1) is 5.69 Å². The lowest BCUT2D eigenvalue weighted by Crippen LogP contribution is -2.19. The van der Waals surface area contributed by atoms with Gasteiger partial charge in [-0.3, -0.25) is 4.79 Å². The predicted molar refractivity (Wildman–Crippen MR) is 67.8 cm³/mol. The number of hydrogen-bond donors (Lipinski definition) is 0. The second-order valence-electron chi connectivity index (χ2n) is 4.86. The zero-order valence-electron chi connectivity index (χ0n) is 10.2. The molecule has 1 fully saturated rings. The van der Waals surface area contributed by atoms with Gasteiger partial charge in [-0.15, -0.1) is 0 Å². The van der Waals surface area contributed by atoms with E-state index in [9.17, 15) is 4.79 Å². The maximum Gasteiger partial charge on any atom is 0.150 e. The van der Waals surface area contributed by atoms with Crippen LogP contribution in [0.25, 0.3) is 5.65 Å². The fourth-order valence-electron chi connectivity index (χ4n) is 2.49. The normalized spacial score (nSPS) is 20.1. The number of aromatic nitrogens is 2. The summed E-state index contributed by atoms with van der Waals surface area (Å²) in [5, 5.41) is 0. The van der Waals surface area contributed by atoms with Crippen LogP contribution in [0.4, 0.5) is 0 Å². The molecular weight excluding hydrogens is 228 g/mol. The Morgan fingerprint density at radius 1 is 1.56 bits per heavy atom. The molecule has 4 heteroatoms. The number of aldehydes is 1. The molecule has 0 spiro atoms. The van der Waals surface area contributed by atoms with Crippen molar-refractivity contribution in [1.29, 1.82) is 0 Å². The van der Waals surface area contributed by atoms with Gasteiger partial charge in [-0.05, 0) is 37.3 Å². The highest BCUT2D eigenvalue weighted by Gasteiger charge is 2.16. The highest BCUT2D eigenvalue weighted by molar-refractivity contribution is 5.76. The summed E-state index contributed by atoms with van der Waals surface area (Å²) in [6.07, 6.45) is 8.09. The molecule has 1 aliphatic heterocycles. The Bertz CT molecular complexity index is 556. The van der Waals surface area contributed by atoms with Crippen LogP contribution < -0.4 is 0 Å². The van der Waals surface area contributed by atoms with Gasteiger partial charge >= 0.3 is 0 Å². The molecule has 1 saturated heterocycles. The van der Waals surface area contributed by atoms with Crippen LogP contribution in [0.3, 0.4) is 0 Å². The van der Waals surface area contributed by atoms with Gasteiger partial charge in [0.1, 0.15) is 11.9 Å². The fourth-order valence-corrected chi connectivity index (χ4v) is 2.49. The number of rotatable bonds is 3. The lowest BCUT2D eigenvalue weighted by atomic mass is 9.97. The van der Waals surface area contributed by atoms with Crippen molar-refractivity contribution in [3.8, 4) is 0 Å². The van der Waals surface area contributed by atoms with Crippen molar-refractivity contribution in [2.75, 3.05) is 13.2 Å². The number of carbonyl (C=O) groups excluding carboxylic acids is 1. The van der Waals surface area contributed by atoms with Gasteiger partial charge in [0, 0.05) is 31.2 Å². The zero-order valence-corrected chi connectivity index (χ0v) is 10.2. The van der Waals surface area contributed by atoms with E-state index >= 15 is 0 Å². The molecule has 3 heterocycles. The summed E-state index contributed by atoms with van der Waals surface area (Å²) in [5.74, 6) is 0.578. The molecule has 0 N–H and O–H groups in total. The molecule has 0 aromatic carbocycles. The van der Waals surface area contributed by atoms with Crippen molar-refractivity contribution in [3.63, 3.8) is 0 Å². The van der Waals surface area contributed by atoms with Crippen molar-refractivity contribution in [3.05, 3.63) is 35.8 Å². The largest absolute Gasteiger partial charge is 0.381 e. The average molecular weight is 244 g/mol. The second kappa shape index (κ2) is 4.90. The van der Waals surface area contributed by atoms with Gasteiger partial charge in [-0.1, -0.05) is 0 Å². The standard InChI is InChI=1S/C14H16N2O2/c17-9-11-3-4-16-8-13(15-14(16)7-11)6-12-2-1-5-18-10-12/h3-4,7-9,12H,1-2,5-6,10H2. The summed E-state index contributed by atoms with van der Waals surface area (Å²) in [6, 6.07) is 3.61. The molecular formula is C14H16N2O2. The third-order valence-corrected chi connectivity index (χ3v) is 3.42. The maximum absolute atomic E-state index is 10.7. The summed E-state index contributed by atoms with van der Waals surface area (Å²) in [6.45, 7) is 1.73. The Balaban J connectivity index is 1.81. The highest BCUT2D eigenvalue weighted by atomic mass is 16.5. The van der Waals surface area contributed by atoms with E-state index in [4.69, 9.17) is 4.74 Å². The summed E-state index contributed by atoms with van der Waals surface area (Å²) >= 11 is 0. The fraction of sp³-hybridized carbons (Fsp3) is 0.429. The van der Waals surface area contributed by atoms with Crippen molar-refractivity contribution in [2.24, 2.45) is 5.92 Å². The monoisotopic (exact) mass is 244 g/mol.